The van der Waals surface area contributed by atoms with Crippen molar-refractivity contribution in [2.24, 2.45) is 5.92 Å². The molecule has 1 fully saturated rings. The maximum atomic E-state index is 12.0. The number of carbonyl (C=O) groups excluding carboxylic acids is 1. The fourth-order valence-corrected chi connectivity index (χ4v) is 4.41. The Balaban J connectivity index is 0.000000263. The molecule has 1 N–H and O–H groups in total. The van der Waals surface area contributed by atoms with Crippen LogP contribution in [0, 0.1) is 5.92 Å². The minimum atomic E-state index is 0.0493. The van der Waals surface area contributed by atoms with E-state index in [1.165, 1.54) is 56.1 Å². The lowest BCUT2D eigenvalue weighted by atomic mass is 9.74. The van der Waals surface area contributed by atoms with Gasteiger partial charge in [0.15, 0.2) is 0 Å². The van der Waals surface area contributed by atoms with E-state index in [-0.39, 0.29) is 5.91 Å². The van der Waals surface area contributed by atoms with Gasteiger partial charge in [-0.15, -0.1) is 0 Å². The van der Waals surface area contributed by atoms with Gasteiger partial charge in [0.1, 0.15) is 0 Å². The molecule has 1 aromatic rings. The van der Waals surface area contributed by atoms with Gasteiger partial charge in [-0.3, -0.25) is 4.79 Å². The van der Waals surface area contributed by atoms with Crippen molar-refractivity contribution in [2.45, 2.75) is 85.0 Å². The van der Waals surface area contributed by atoms with Crippen LogP contribution in [0.2, 0.25) is 0 Å². The molecule has 3 rings (SSSR count). The van der Waals surface area contributed by atoms with Crippen molar-refractivity contribution in [2.75, 3.05) is 7.05 Å². The van der Waals surface area contributed by atoms with Crippen LogP contribution < -0.4 is 5.32 Å². The van der Waals surface area contributed by atoms with Crippen molar-refractivity contribution in [3.63, 3.8) is 0 Å². The van der Waals surface area contributed by atoms with E-state index in [4.69, 9.17) is 0 Å². The third kappa shape index (κ3) is 6.45. The molecule has 1 atom stereocenters. The van der Waals surface area contributed by atoms with Gasteiger partial charge < -0.3 is 5.32 Å². The van der Waals surface area contributed by atoms with Gasteiger partial charge >= 0.3 is 0 Å². The number of unbranched alkanes of at least 4 members (excludes halogenated alkanes) is 2. The number of allylic oxidation sites excluding steroid dienone is 5. The van der Waals surface area contributed by atoms with E-state index in [0.29, 0.717) is 5.92 Å². The lowest BCUT2D eigenvalue weighted by Crippen LogP contribution is -2.24. The summed E-state index contributed by atoms with van der Waals surface area (Å²) >= 11 is 0. The van der Waals surface area contributed by atoms with Crippen LogP contribution in [0.15, 0.2) is 59.2 Å². The Kier molecular flexibility index (Phi) is 10.1. The summed E-state index contributed by atoms with van der Waals surface area (Å²) in [5.74, 6) is 1.42. The van der Waals surface area contributed by atoms with Crippen molar-refractivity contribution >= 4 is 5.91 Å². The summed E-state index contributed by atoms with van der Waals surface area (Å²) in [4.78, 5) is 12.0. The van der Waals surface area contributed by atoms with E-state index < -0.39 is 0 Å². The third-order valence-corrected chi connectivity index (χ3v) is 6.56. The fraction of sp³-hybridized carbons (Fsp3) is 0.536. The first-order valence-corrected chi connectivity index (χ1v) is 11.9. The van der Waals surface area contributed by atoms with Crippen molar-refractivity contribution in [3.8, 4) is 0 Å². The molecule has 0 radical (unpaired) electrons. The van der Waals surface area contributed by atoms with Crippen LogP contribution in [0.5, 0.6) is 0 Å². The van der Waals surface area contributed by atoms with Crippen molar-refractivity contribution in [1.82, 2.24) is 5.32 Å². The number of likely N-dealkylation sites (N-methyl/N-ethyl adjacent to an activating group) is 1. The predicted molar refractivity (Wildman–Crippen MR) is 130 cm³/mol. The van der Waals surface area contributed by atoms with Crippen LogP contribution in [0.3, 0.4) is 0 Å². The molecule has 164 valence electrons. The molecule has 1 aromatic carbocycles. The number of fused-ring (bicyclic) bond motifs is 1. The van der Waals surface area contributed by atoms with Gasteiger partial charge in [-0.1, -0.05) is 75.6 Å². The number of rotatable bonds is 7. The zero-order valence-corrected chi connectivity index (χ0v) is 19.8. The van der Waals surface area contributed by atoms with Gasteiger partial charge in [0.2, 0.25) is 5.91 Å². The minimum absolute atomic E-state index is 0.0493. The second kappa shape index (κ2) is 12.6. The van der Waals surface area contributed by atoms with Gasteiger partial charge in [0, 0.05) is 12.6 Å². The molecule has 0 heterocycles. The molecule has 0 bridgehead atoms. The predicted octanol–water partition coefficient (Wildman–Crippen LogP) is 7.28. The number of hydrogen-bond donors (Lipinski definition) is 1. The largest absolute Gasteiger partial charge is 0.355 e. The van der Waals surface area contributed by atoms with Crippen LogP contribution in [0.25, 0.3) is 0 Å². The van der Waals surface area contributed by atoms with Crippen LogP contribution in [-0.2, 0) is 11.2 Å². The highest BCUT2D eigenvalue weighted by Gasteiger charge is 2.26. The molecule has 2 aliphatic carbocycles. The minimum Gasteiger partial charge on any atom is -0.355 e. The molecule has 0 aliphatic heterocycles. The molecule has 2 aliphatic rings. The molecule has 1 saturated carbocycles. The Morgan fingerprint density at radius 2 is 1.93 bits per heavy atom. The van der Waals surface area contributed by atoms with Crippen LogP contribution in [0.4, 0.5) is 0 Å². The number of nitrogens with one attached hydrogen (secondary N) is 1. The van der Waals surface area contributed by atoms with Crippen LogP contribution in [-0.4, -0.2) is 13.0 Å². The Labute approximate surface area is 184 Å². The number of aryl methyl sites for hydroxylation is 1. The Bertz CT molecular complexity index is 780. The molecule has 0 spiro atoms. The van der Waals surface area contributed by atoms with E-state index in [2.05, 4.69) is 68.6 Å². The second-order valence-electron chi connectivity index (χ2n) is 8.67. The first-order chi connectivity index (χ1) is 14.5. The zero-order chi connectivity index (χ0) is 21.9. The highest BCUT2D eigenvalue weighted by atomic mass is 16.1. The van der Waals surface area contributed by atoms with E-state index in [1.807, 2.05) is 6.92 Å². The lowest BCUT2D eigenvalue weighted by molar-refractivity contribution is -0.117. The Morgan fingerprint density at radius 3 is 2.50 bits per heavy atom. The fourth-order valence-electron chi connectivity index (χ4n) is 4.41. The third-order valence-electron chi connectivity index (χ3n) is 6.56. The second-order valence-corrected chi connectivity index (χ2v) is 8.67. The summed E-state index contributed by atoms with van der Waals surface area (Å²) in [5.41, 5.74) is 6.50. The van der Waals surface area contributed by atoms with Gasteiger partial charge in [-0.2, -0.15) is 0 Å². The Hall–Kier alpha value is -2.09. The number of benzene rings is 1. The highest BCUT2D eigenvalue weighted by molar-refractivity contribution is 5.94. The van der Waals surface area contributed by atoms with Gasteiger partial charge in [-0.05, 0) is 80.1 Å². The molecule has 30 heavy (non-hydrogen) atoms. The molecular weight excluding hydrogens is 366 g/mol. The summed E-state index contributed by atoms with van der Waals surface area (Å²) in [6.07, 6.45) is 16.5. The van der Waals surface area contributed by atoms with E-state index >= 15 is 0 Å². The smallest absolute Gasteiger partial charge is 0.246 e. The number of carbonyl (C=O) groups is 1. The van der Waals surface area contributed by atoms with Crippen molar-refractivity contribution in [1.29, 1.82) is 0 Å². The maximum Gasteiger partial charge on any atom is 0.246 e. The SMILES string of the molecule is C/C=C(\C=C/CCCC)C(=C(\C)C(=O)NC)/C1CCC1.CC1CCc2ccccc21. The first-order valence-electron chi connectivity index (χ1n) is 11.9. The molecule has 1 unspecified atom stereocenters. The zero-order valence-electron chi connectivity index (χ0n) is 19.8. The topological polar surface area (TPSA) is 29.1 Å². The number of hydrogen-bond acceptors (Lipinski definition) is 1. The summed E-state index contributed by atoms with van der Waals surface area (Å²) in [5, 5.41) is 2.76. The molecule has 1 amide bonds. The summed E-state index contributed by atoms with van der Waals surface area (Å²) in [7, 11) is 1.71. The highest BCUT2D eigenvalue weighted by Crippen LogP contribution is 2.39. The van der Waals surface area contributed by atoms with Gasteiger partial charge in [0.25, 0.3) is 0 Å². The van der Waals surface area contributed by atoms with E-state index in [1.54, 1.807) is 18.2 Å². The normalized spacial score (nSPS) is 19.5. The maximum absolute atomic E-state index is 12.0. The average molecular weight is 408 g/mol. The van der Waals surface area contributed by atoms with E-state index in [9.17, 15) is 4.79 Å². The van der Waals surface area contributed by atoms with Gasteiger partial charge in [-0.25, -0.2) is 0 Å². The Morgan fingerprint density at radius 1 is 1.20 bits per heavy atom. The lowest BCUT2D eigenvalue weighted by Gasteiger charge is -2.30. The summed E-state index contributed by atoms with van der Waals surface area (Å²) in [6, 6.07) is 8.78. The monoisotopic (exact) mass is 407 g/mol. The van der Waals surface area contributed by atoms with Crippen molar-refractivity contribution < 1.29 is 4.79 Å². The standard InChI is InChI=1S/C18H29NO.C10H12/c1-5-7-8-9-11-15(6-2)17(16-12-10-13-16)14(3)18(20)19-4;1-8-6-7-9-4-2-3-5-10(8)9/h6,9,11,16H,5,7-8,10,12-13H2,1-4H3,(H,19,20);2-5,8H,6-7H2,1H3/b11-9-,15-6+,17-14-;. The molecular formula is C28H41NO. The summed E-state index contributed by atoms with van der Waals surface area (Å²) in [6.45, 7) is 8.54. The van der Waals surface area contributed by atoms with E-state index in [0.717, 1.165) is 17.9 Å². The molecule has 2 nitrogen and oxygen atoms in total. The van der Waals surface area contributed by atoms with Crippen LogP contribution >= 0.6 is 0 Å². The van der Waals surface area contributed by atoms with Gasteiger partial charge in [0.05, 0.1) is 0 Å². The number of amides is 1. The first kappa shape index (κ1) is 24.2. The molecule has 0 aromatic heterocycles. The molecule has 2 heteroatoms. The van der Waals surface area contributed by atoms with Crippen LogP contribution in [0.1, 0.15) is 89.7 Å². The average Bonchev–Trinajstić information content (AvgIpc) is 3.12. The molecule has 0 saturated heterocycles. The summed E-state index contributed by atoms with van der Waals surface area (Å²) < 4.78 is 0. The quantitative estimate of drug-likeness (QED) is 0.287. The van der Waals surface area contributed by atoms with Crippen molar-refractivity contribution in [3.05, 3.63) is 70.3 Å².